The molecule has 3 rings (SSSR count). The van der Waals surface area contributed by atoms with Crippen molar-refractivity contribution in [3.05, 3.63) is 63.4 Å². The van der Waals surface area contributed by atoms with E-state index in [9.17, 15) is 9.18 Å². The van der Waals surface area contributed by atoms with Gasteiger partial charge in [-0.25, -0.2) is 4.39 Å². The van der Waals surface area contributed by atoms with Gasteiger partial charge in [0, 0.05) is 28.7 Å². The van der Waals surface area contributed by atoms with E-state index in [1.54, 1.807) is 12.1 Å². The van der Waals surface area contributed by atoms with Crippen molar-refractivity contribution in [3.63, 3.8) is 0 Å². The molecule has 0 spiro atoms. The Balaban J connectivity index is 1.84. The number of halogens is 2. The Morgan fingerprint density at radius 3 is 2.95 bits per heavy atom. The molecule has 2 nitrogen and oxygen atoms in total. The summed E-state index contributed by atoms with van der Waals surface area (Å²) in [7, 11) is 0. The molecule has 4 heteroatoms. The van der Waals surface area contributed by atoms with Crippen LogP contribution in [0.4, 0.5) is 10.1 Å². The number of nitrogens with one attached hydrogen (secondary N) is 1. The summed E-state index contributed by atoms with van der Waals surface area (Å²) in [5.41, 5.74) is 3.29. The lowest BCUT2D eigenvalue weighted by Gasteiger charge is -2.06. The average molecular weight is 334 g/mol. The molecular weight excluding hydrogens is 321 g/mol. The molecule has 0 bridgehead atoms. The van der Waals surface area contributed by atoms with Gasteiger partial charge in [-0.15, -0.1) is 0 Å². The van der Waals surface area contributed by atoms with Crippen molar-refractivity contribution in [2.75, 3.05) is 11.9 Å². The zero-order chi connectivity index (χ0) is 14.1. The van der Waals surface area contributed by atoms with Crippen LogP contribution in [0.25, 0.3) is 0 Å². The molecule has 1 heterocycles. The maximum absolute atomic E-state index is 13.7. The molecule has 0 amide bonds. The first-order chi connectivity index (χ1) is 9.63. The summed E-state index contributed by atoms with van der Waals surface area (Å²) in [6.07, 6.45) is 1.06. The SMILES string of the molecule is O=C(Cc1cc(Br)ccc1F)c1ccc2c(c1)NCC2. The fourth-order valence-corrected chi connectivity index (χ4v) is 2.83. The van der Waals surface area contributed by atoms with Crippen LogP contribution in [0.2, 0.25) is 0 Å². The highest BCUT2D eigenvalue weighted by atomic mass is 79.9. The minimum absolute atomic E-state index is 0.0708. The first kappa shape index (κ1) is 13.3. The second kappa shape index (κ2) is 5.37. The minimum atomic E-state index is -0.346. The first-order valence-corrected chi connectivity index (χ1v) is 7.27. The minimum Gasteiger partial charge on any atom is -0.384 e. The molecule has 0 saturated heterocycles. The van der Waals surface area contributed by atoms with Gasteiger partial charge in [0.25, 0.3) is 0 Å². The lowest BCUT2D eigenvalue weighted by molar-refractivity contribution is 0.0992. The molecule has 20 heavy (non-hydrogen) atoms. The van der Waals surface area contributed by atoms with Crippen molar-refractivity contribution in [1.29, 1.82) is 0 Å². The van der Waals surface area contributed by atoms with Gasteiger partial charge in [-0.1, -0.05) is 28.1 Å². The third-order valence-corrected chi connectivity index (χ3v) is 3.99. The lowest BCUT2D eigenvalue weighted by Crippen LogP contribution is -2.06. The summed E-state index contributed by atoms with van der Waals surface area (Å²) in [5, 5.41) is 3.25. The van der Waals surface area contributed by atoms with Gasteiger partial charge in [0.2, 0.25) is 0 Å². The fourth-order valence-electron chi connectivity index (χ4n) is 2.42. The Kier molecular flexibility index (Phi) is 3.57. The smallest absolute Gasteiger partial charge is 0.167 e. The van der Waals surface area contributed by atoms with E-state index in [-0.39, 0.29) is 18.0 Å². The molecule has 1 N–H and O–H groups in total. The van der Waals surface area contributed by atoms with Gasteiger partial charge in [0.15, 0.2) is 5.78 Å². The van der Waals surface area contributed by atoms with E-state index in [0.717, 1.165) is 23.1 Å². The number of carbonyl (C=O) groups excluding carboxylic acids is 1. The van der Waals surface area contributed by atoms with Gasteiger partial charge < -0.3 is 5.32 Å². The molecule has 0 aliphatic carbocycles. The van der Waals surface area contributed by atoms with Crippen molar-refractivity contribution < 1.29 is 9.18 Å². The Labute approximate surface area is 125 Å². The molecule has 0 aromatic heterocycles. The highest BCUT2D eigenvalue weighted by Crippen LogP contribution is 2.24. The zero-order valence-corrected chi connectivity index (χ0v) is 12.3. The number of carbonyl (C=O) groups is 1. The van der Waals surface area contributed by atoms with Crippen LogP contribution in [0.15, 0.2) is 40.9 Å². The topological polar surface area (TPSA) is 29.1 Å². The van der Waals surface area contributed by atoms with Crippen LogP contribution in [-0.4, -0.2) is 12.3 Å². The predicted molar refractivity (Wildman–Crippen MR) is 80.8 cm³/mol. The second-order valence-corrected chi connectivity index (χ2v) is 5.80. The summed E-state index contributed by atoms with van der Waals surface area (Å²) in [6.45, 7) is 0.910. The normalized spacial score (nSPS) is 12.9. The standard InChI is InChI=1S/C16H13BrFNO/c17-13-3-4-14(18)12(7-13)9-16(20)11-2-1-10-5-6-19-15(10)8-11/h1-4,7-8,19H,5-6,9H2. The summed E-state index contributed by atoms with van der Waals surface area (Å²) in [5.74, 6) is -0.417. The summed E-state index contributed by atoms with van der Waals surface area (Å²) in [6, 6.07) is 10.3. The molecule has 2 aromatic carbocycles. The van der Waals surface area contributed by atoms with Gasteiger partial charge in [-0.3, -0.25) is 4.79 Å². The van der Waals surface area contributed by atoms with Crippen LogP contribution in [0, 0.1) is 5.82 Å². The van der Waals surface area contributed by atoms with E-state index in [1.165, 1.54) is 11.6 Å². The zero-order valence-electron chi connectivity index (χ0n) is 10.7. The van der Waals surface area contributed by atoms with Crippen molar-refractivity contribution in [2.24, 2.45) is 0 Å². The number of hydrogen-bond acceptors (Lipinski definition) is 2. The average Bonchev–Trinajstić information content (AvgIpc) is 2.90. The third-order valence-electron chi connectivity index (χ3n) is 3.50. The van der Waals surface area contributed by atoms with E-state index in [1.807, 2.05) is 18.2 Å². The van der Waals surface area contributed by atoms with E-state index >= 15 is 0 Å². The van der Waals surface area contributed by atoms with Crippen LogP contribution in [-0.2, 0) is 12.8 Å². The Hall–Kier alpha value is -1.68. The molecule has 2 aromatic rings. The molecule has 1 aliphatic rings. The second-order valence-electron chi connectivity index (χ2n) is 4.88. The molecular formula is C16H13BrFNO. The predicted octanol–water partition coefficient (Wildman–Crippen LogP) is 3.98. The third kappa shape index (κ3) is 2.61. The lowest BCUT2D eigenvalue weighted by atomic mass is 10.0. The molecule has 0 unspecified atom stereocenters. The molecule has 102 valence electrons. The quantitative estimate of drug-likeness (QED) is 0.861. The van der Waals surface area contributed by atoms with Crippen LogP contribution < -0.4 is 5.32 Å². The van der Waals surface area contributed by atoms with Crippen molar-refractivity contribution in [1.82, 2.24) is 0 Å². The van der Waals surface area contributed by atoms with E-state index in [2.05, 4.69) is 21.2 Å². The monoisotopic (exact) mass is 333 g/mol. The van der Waals surface area contributed by atoms with Gasteiger partial charge in [0.05, 0.1) is 0 Å². The highest BCUT2D eigenvalue weighted by Gasteiger charge is 2.15. The van der Waals surface area contributed by atoms with Gasteiger partial charge in [0.1, 0.15) is 5.82 Å². The van der Waals surface area contributed by atoms with E-state index < -0.39 is 0 Å². The van der Waals surface area contributed by atoms with Gasteiger partial charge in [-0.2, -0.15) is 0 Å². The van der Waals surface area contributed by atoms with Crippen molar-refractivity contribution >= 4 is 27.4 Å². The Morgan fingerprint density at radius 2 is 2.10 bits per heavy atom. The van der Waals surface area contributed by atoms with Crippen LogP contribution in [0.1, 0.15) is 21.5 Å². The number of benzene rings is 2. The first-order valence-electron chi connectivity index (χ1n) is 6.47. The summed E-state index contributed by atoms with van der Waals surface area (Å²) in [4.78, 5) is 12.3. The number of hydrogen-bond donors (Lipinski definition) is 1. The van der Waals surface area contributed by atoms with E-state index in [4.69, 9.17) is 0 Å². The number of ketones is 1. The molecule has 0 saturated carbocycles. The number of anilines is 1. The van der Waals surface area contributed by atoms with Crippen LogP contribution in [0.3, 0.4) is 0 Å². The van der Waals surface area contributed by atoms with Crippen LogP contribution >= 0.6 is 15.9 Å². The number of fused-ring (bicyclic) bond motifs is 1. The molecule has 0 fully saturated rings. The van der Waals surface area contributed by atoms with Crippen molar-refractivity contribution in [2.45, 2.75) is 12.8 Å². The Morgan fingerprint density at radius 1 is 1.25 bits per heavy atom. The largest absolute Gasteiger partial charge is 0.384 e. The maximum atomic E-state index is 13.7. The summed E-state index contributed by atoms with van der Waals surface area (Å²) < 4.78 is 14.5. The summed E-state index contributed by atoms with van der Waals surface area (Å²) >= 11 is 3.30. The number of rotatable bonds is 3. The Bertz CT molecular complexity index is 684. The molecule has 0 atom stereocenters. The van der Waals surface area contributed by atoms with E-state index in [0.29, 0.717) is 11.1 Å². The maximum Gasteiger partial charge on any atom is 0.167 e. The van der Waals surface area contributed by atoms with Gasteiger partial charge in [-0.05, 0) is 41.8 Å². The highest BCUT2D eigenvalue weighted by molar-refractivity contribution is 9.10. The molecule has 0 radical (unpaired) electrons. The van der Waals surface area contributed by atoms with Gasteiger partial charge >= 0.3 is 0 Å². The van der Waals surface area contributed by atoms with Crippen LogP contribution in [0.5, 0.6) is 0 Å². The van der Waals surface area contributed by atoms with Crippen molar-refractivity contribution in [3.8, 4) is 0 Å². The number of Topliss-reactive ketones (excluding diaryl/α,β-unsaturated/α-hetero) is 1. The fraction of sp³-hybridized carbons (Fsp3) is 0.188. The molecule has 1 aliphatic heterocycles.